The van der Waals surface area contributed by atoms with Crippen molar-refractivity contribution in [3.8, 4) is 0 Å². The quantitative estimate of drug-likeness (QED) is 0.861. The van der Waals surface area contributed by atoms with Gasteiger partial charge in [-0.2, -0.15) is 0 Å². The maximum Gasteiger partial charge on any atom is 0.326 e. The van der Waals surface area contributed by atoms with Gasteiger partial charge in [0.1, 0.15) is 11.9 Å². The van der Waals surface area contributed by atoms with E-state index in [9.17, 15) is 4.79 Å². The zero-order valence-electron chi connectivity index (χ0n) is 8.77. The summed E-state index contributed by atoms with van der Waals surface area (Å²) in [5.41, 5.74) is 0. The summed E-state index contributed by atoms with van der Waals surface area (Å²) >= 11 is 6.03. The molecule has 1 aromatic heterocycles. The minimum Gasteiger partial charge on any atom is -0.480 e. The molecule has 0 saturated carbocycles. The molecule has 1 unspecified atom stereocenters. The van der Waals surface area contributed by atoms with Gasteiger partial charge in [-0.15, -0.1) is 0 Å². The molecule has 2 heterocycles. The number of hydrogen-bond acceptors (Lipinski definition) is 3. The van der Waals surface area contributed by atoms with Gasteiger partial charge in [-0.25, -0.2) is 9.78 Å². The molecule has 1 saturated heterocycles. The first-order valence-corrected chi connectivity index (χ1v) is 5.68. The molecule has 0 bridgehead atoms. The number of anilines is 1. The summed E-state index contributed by atoms with van der Waals surface area (Å²) in [4.78, 5) is 17.1. The lowest BCUT2D eigenvalue weighted by molar-refractivity contribution is -0.139. The van der Waals surface area contributed by atoms with E-state index < -0.39 is 12.0 Å². The van der Waals surface area contributed by atoms with Gasteiger partial charge in [0.15, 0.2) is 0 Å². The number of pyridine rings is 1. The summed E-state index contributed by atoms with van der Waals surface area (Å²) in [6.45, 7) is 0.702. The Morgan fingerprint density at radius 2 is 2.38 bits per heavy atom. The minimum absolute atomic E-state index is 0.499. The Balaban J connectivity index is 2.30. The highest BCUT2D eigenvalue weighted by Gasteiger charge is 2.30. The molecular weight excluding hydrogens is 228 g/mol. The number of halogens is 1. The SMILES string of the molecule is O=C(O)C1CCCCN1c1ncccc1Cl. The second kappa shape index (κ2) is 4.70. The lowest BCUT2D eigenvalue weighted by Gasteiger charge is -2.34. The second-order valence-electron chi connectivity index (χ2n) is 3.85. The Labute approximate surface area is 98.9 Å². The molecule has 0 spiro atoms. The number of rotatable bonds is 2. The summed E-state index contributed by atoms with van der Waals surface area (Å²) in [5.74, 6) is -0.224. The smallest absolute Gasteiger partial charge is 0.326 e. The number of piperidine rings is 1. The first-order valence-electron chi connectivity index (χ1n) is 5.30. The molecule has 1 aliphatic rings. The minimum atomic E-state index is -0.804. The molecule has 2 rings (SSSR count). The lowest BCUT2D eigenvalue weighted by atomic mass is 10.0. The van der Waals surface area contributed by atoms with Crippen molar-refractivity contribution in [2.45, 2.75) is 25.3 Å². The number of hydrogen-bond donors (Lipinski definition) is 1. The van der Waals surface area contributed by atoms with E-state index in [0.29, 0.717) is 23.8 Å². The number of aromatic nitrogens is 1. The van der Waals surface area contributed by atoms with E-state index >= 15 is 0 Å². The van der Waals surface area contributed by atoms with Crippen LogP contribution in [0.15, 0.2) is 18.3 Å². The second-order valence-corrected chi connectivity index (χ2v) is 4.26. The van der Waals surface area contributed by atoms with Crippen molar-refractivity contribution in [2.24, 2.45) is 0 Å². The molecular formula is C11H13ClN2O2. The molecule has 4 nitrogen and oxygen atoms in total. The van der Waals surface area contributed by atoms with E-state index in [4.69, 9.17) is 16.7 Å². The maximum atomic E-state index is 11.1. The average Bonchev–Trinajstić information content (AvgIpc) is 2.29. The zero-order chi connectivity index (χ0) is 11.5. The van der Waals surface area contributed by atoms with Gasteiger partial charge in [0, 0.05) is 12.7 Å². The Morgan fingerprint density at radius 3 is 3.06 bits per heavy atom. The number of nitrogens with zero attached hydrogens (tertiary/aromatic N) is 2. The predicted molar refractivity (Wildman–Crippen MR) is 61.9 cm³/mol. The maximum absolute atomic E-state index is 11.1. The van der Waals surface area contributed by atoms with Crippen LogP contribution in [0.5, 0.6) is 0 Å². The van der Waals surface area contributed by atoms with Gasteiger partial charge in [0.25, 0.3) is 0 Å². The van der Waals surface area contributed by atoms with Crippen LogP contribution < -0.4 is 4.90 Å². The van der Waals surface area contributed by atoms with E-state index in [1.165, 1.54) is 0 Å². The van der Waals surface area contributed by atoms with Crippen molar-refractivity contribution in [2.75, 3.05) is 11.4 Å². The van der Waals surface area contributed by atoms with Crippen molar-refractivity contribution in [1.82, 2.24) is 4.98 Å². The van der Waals surface area contributed by atoms with Crippen LogP contribution in [0.2, 0.25) is 5.02 Å². The number of carboxylic acid groups (broad SMARTS) is 1. The summed E-state index contributed by atoms with van der Waals surface area (Å²) in [6.07, 6.45) is 4.21. The molecule has 1 aliphatic heterocycles. The number of aliphatic carboxylic acids is 1. The summed E-state index contributed by atoms with van der Waals surface area (Å²) < 4.78 is 0. The summed E-state index contributed by atoms with van der Waals surface area (Å²) in [6, 6.07) is 2.98. The molecule has 16 heavy (non-hydrogen) atoms. The molecule has 1 fully saturated rings. The Bertz CT molecular complexity index is 397. The highest BCUT2D eigenvalue weighted by Crippen LogP contribution is 2.28. The van der Waals surface area contributed by atoms with Crippen LogP contribution in [-0.4, -0.2) is 28.6 Å². The van der Waals surface area contributed by atoms with Gasteiger partial charge in [-0.3, -0.25) is 0 Å². The van der Waals surface area contributed by atoms with Crippen LogP contribution in [0.3, 0.4) is 0 Å². The van der Waals surface area contributed by atoms with Crippen molar-refractivity contribution >= 4 is 23.4 Å². The molecule has 0 radical (unpaired) electrons. The molecule has 5 heteroatoms. The number of carbonyl (C=O) groups is 1. The largest absolute Gasteiger partial charge is 0.480 e. The molecule has 1 N–H and O–H groups in total. The van der Waals surface area contributed by atoms with Gasteiger partial charge in [0.05, 0.1) is 5.02 Å². The van der Waals surface area contributed by atoms with Gasteiger partial charge >= 0.3 is 5.97 Å². The van der Waals surface area contributed by atoms with Crippen molar-refractivity contribution in [1.29, 1.82) is 0 Å². The first-order chi connectivity index (χ1) is 7.70. The van der Waals surface area contributed by atoms with Crippen LogP contribution in [-0.2, 0) is 4.79 Å². The van der Waals surface area contributed by atoms with Gasteiger partial charge in [-0.05, 0) is 31.4 Å². The standard InChI is InChI=1S/C11H13ClN2O2/c12-8-4-3-6-13-10(8)14-7-2-1-5-9(14)11(15)16/h3-4,6,9H,1-2,5,7H2,(H,15,16). The predicted octanol–water partition coefficient (Wildman–Crippen LogP) is 2.18. The van der Waals surface area contributed by atoms with Crippen LogP contribution in [0.25, 0.3) is 0 Å². The molecule has 0 aromatic carbocycles. The normalized spacial score (nSPS) is 20.8. The van der Waals surface area contributed by atoms with Crippen molar-refractivity contribution in [3.63, 3.8) is 0 Å². The van der Waals surface area contributed by atoms with Crippen LogP contribution in [0.1, 0.15) is 19.3 Å². The van der Waals surface area contributed by atoms with Crippen molar-refractivity contribution < 1.29 is 9.90 Å². The number of carboxylic acids is 1. The van der Waals surface area contributed by atoms with E-state index in [1.54, 1.807) is 23.2 Å². The van der Waals surface area contributed by atoms with Crippen LogP contribution >= 0.6 is 11.6 Å². The molecule has 0 amide bonds. The molecule has 0 aliphatic carbocycles. The third kappa shape index (κ3) is 2.11. The van der Waals surface area contributed by atoms with Crippen molar-refractivity contribution in [3.05, 3.63) is 23.4 Å². The third-order valence-electron chi connectivity index (χ3n) is 2.80. The van der Waals surface area contributed by atoms with E-state index in [2.05, 4.69) is 4.98 Å². The molecule has 1 aromatic rings. The topological polar surface area (TPSA) is 53.4 Å². The highest BCUT2D eigenvalue weighted by molar-refractivity contribution is 6.33. The molecule has 1 atom stereocenters. The third-order valence-corrected chi connectivity index (χ3v) is 3.09. The fraction of sp³-hybridized carbons (Fsp3) is 0.455. The van der Waals surface area contributed by atoms with Gasteiger partial charge < -0.3 is 10.0 Å². The van der Waals surface area contributed by atoms with Gasteiger partial charge in [0.2, 0.25) is 0 Å². The Hall–Kier alpha value is -1.29. The highest BCUT2D eigenvalue weighted by atomic mass is 35.5. The fourth-order valence-electron chi connectivity index (χ4n) is 2.03. The van der Waals surface area contributed by atoms with E-state index in [-0.39, 0.29) is 0 Å². The zero-order valence-corrected chi connectivity index (χ0v) is 9.52. The van der Waals surface area contributed by atoms with Crippen LogP contribution in [0.4, 0.5) is 5.82 Å². The fourth-order valence-corrected chi connectivity index (χ4v) is 2.26. The Morgan fingerprint density at radius 1 is 1.56 bits per heavy atom. The first kappa shape index (κ1) is 11.2. The lowest BCUT2D eigenvalue weighted by Crippen LogP contribution is -2.45. The van der Waals surface area contributed by atoms with E-state index in [1.807, 2.05) is 0 Å². The Kier molecular flexibility index (Phi) is 3.29. The average molecular weight is 241 g/mol. The monoisotopic (exact) mass is 240 g/mol. The molecule has 86 valence electrons. The van der Waals surface area contributed by atoms with Crippen LogP contribution in [0, 0.1) is 0 Å². The summed E-state index contributed by atoms with van der Waals surface area (Å²) in [7, 11) is 0. The van der Waals surface area contributed by atoms with E-state index in [0.717, 1.165) is 12.8 Å². The summed E-state index contributed by atoms with van der Waals surface area (Å²) in [5, 5.41) is 9.66. The van der Waals surface area contributed by atoms with Gasteiger partial charge in [-0.1, -0.05) is 11.6 Å².